The normalized spacial score (nSPS) is 17.3. The number of aliphatic carboxylic acids is 1. The number of carbonyl (C=O) groups excluding carboxylic acids is 4. The molecule has 15 heteroatoms. The van der Waals surface area contributed by atoms with Crippen molar-refractivity contribution in [2.45, 2.75) is 104 Å². The van der Waals surface area contributed by atoms with Gasteiger partial charge >= 0.3 is 11.9 Å². The Balaban J connectivity index is 1.59. The van der Waals surface area contributed by atoms with Crippen molar-refractivity contribution in [1.82, 2.24) is 10.2 Å². The molecule has 298 valence electrons. The molecule has 3 N–H and O–H groups in total. The number of aryl methyl sites for hydroxylation is 1. The highest BCUT2D eigenvalue weighted by molar-refractivity contribution is 5.94. The van der Waals surface area contributed by atoms with E-state index in [9.17, 15) is 34.2 Å². The number of imide groups is 1. The average Bonchev–Trinajstić information content (AvgIpc) is 3.10. The molecule has 0 aromatic heterocycles. The lowest BCUT2D eigenvalue weighted by molar-refractivity contribution is -0.195. The van der Waals surface area contributed by atoms with Crippen LogP contribution >= 0.6 is 0 Å². The number of aliphatic hydroxyl groups is 1. The maximum absolute atomic E-state index is 12.4. The number of hydrogen-bond donors (Lipinski definition) is 3. The number of benzene rings is 1. The smallest absolute Gasteiger partial charge is 0.333 e. The minimum atomic E-state index is -1.18. The lowest BCUT2D eigenvalue weighted by Gasteiger charge is -2.31. The van der Waals surface area contributed by atoms with Crippen molar-refractivity contribution in [1.29, 1.82) is 0 Å². The fourth-order valence-corrected chi connectivity index (χ4v) is 5.08. The molecular weight excluding hydrogens is 692 g/mol. The van der Waals surface area contributed by atoms with Gasteiger partial charge in [-0.3, -0.25) is 24.1 Å². The van der Waals surface area contributed by atoms with E-state index in [-0.39, 0.29) is 37.2 Å². The van der Waals surface area contributed by atoms with Gasteiger partial charge in [-0.2, -0.15) is 0 Å². The van der Waals surface area contributed by atoms with Gasteiger partial charge < -0.3 is 44.0 Å². The van der Waals surface area contributed by atoms with E-state index in [1.54, 1.807) is 39.8 Å². The van der Waals surface area contributed by atoms with Crippen molar-refractivity contribution in [3.8, 4) is 5.75 Å². The molecule has 1 aromatic carbocycles. The summed E-state index contributed by atoms with van der Waals surface area (Å²) in [6, 6.07) is 5.48. The minimum Gasteiger partial charge on any atom is -0.479 e. The van der Waals surface area contributed by atoms with E-state index < -0.39 is 29.9 Å². The predicted octanol–water partition coefficient (Wildman–Crippen LogP) is 3.33. The third kappa shape index (κ3) is 19.1. The molecule has 0 spiro atoms. The number of carbonyl (C=O) groups is 5. The largest absolute Gasteiger partial charge is 0.479 e. The Bertz CT molecular complexity index is 1310. The predicted molar refractivity (Wildman–Crippen MR) is 193 cm³/mol. The zero-order chi connectivity index (χ0) is 39.1. The number of unbranched alkanes of at least 4 members (excludes halogenated alkanes) is 2. The second-order valence-electron chi connectivity index (χ2n) is 13.6. The number of nitrogens with zero attached hydrogens (tertiary/aromatic N) is 1. The van der Waals surface area contributed by atoms with Crippen LogP contribution in [0.15, 0.2) is 30.4 Å². The Morgan fingerprint density at radius 2 is 1.66 bits per heavy atom. The van der Waals surface area contributed by atoms with E-state index in [1.165, 1.54) is 6.08 Å². The van der Waals surface area contributed by atoms with Gasteiger partial charge in [0.1, 0.15) is 12.4 Å². The second kappa shape index (κ2) is 25.2. The van der Waals surface area contributed by atoms with E-state index in [2.05, 4.69) is 5.32 Å². The molecule has 2 rings (SSSR count). The molecule has 1 aliphatic rings. The van der Waals surface area contributed by atoms with Crippen LogP contribution in [0.3, 0.4) is 0 Å². The SMILES string of the molecule is C/C=C\C(=O)N(C=O)CCCCCC(=O)NCCOCCOCCOCCCc1ccc(OC2CC(O)CC(C(=O)O)O2)c(COC(=O)C(C)(C)C)c1. The molecule has 1 aromatic rings. The number of carboxylic acids is 1. The van der Waals surface area contributed by atoms with Crippen LogP contribution in [0, 0.1) is 5.41 Å². The molecule has 15 nitrogen and oxygen atoms in total. The summed E-state index contributed by atoms with van der Waals surface area (Å²) in [5.74, 6) is -1.59. The highest BCUT2D eigenvalue weighted by Crippen LogP contribution is 2.28. The maximum Gasteiger partial charge on any atom is 0.333 e. The first-order valence-electron chi connectivity index (χ1n) is 18.2. The van der Waals surface area contributed by atoms with Crippen molar-refractivity contribution < 1.29 is 62.6 Å². The second-order valence-corrected chi connectivity index (χ2v) is 13.6. The van der Waals surface area contributed by atoms with Gasteiger partial charge in [0, 0.05) is 44.5 Å². The van der Waals surface area contributed by atoms with Crippen LogP contribution in [0.4, 0.5) is 0 Å². The van der Waals surface area contributed by atoms with Crippen LogP contribution in [-0.2, 0) is 60.7 Å². The molecule has 0 radical (unpaired) electrons. The van der Waals surface area contributed by atoms with Gasteiger partial charge in [0.15, 0.2) is 6.10 Å². The number of aliphatic hydroxyl groups excluding tert-OH is 1. The van der Waals surface area contributed by atoms with Crippen LogP contribution in [-0.4, -0.2) is 117 Å². The molecule has 0 aliphatic carbocycles. The number of ether oxygens (including phenoxy) is 6. The highest BCUT2D eigenvalue weighted by atomic mass is 16.7. The molecule has 1 heterocycles. The van der Waals surface area contributed by atoms with Crippen LogP contribution in [0.5, 0.6) is 5.75 Å². The molecule has 3 amide bonds. The fraction of sp³-hybridized carbons (Fsp3) is 0.658. The van der Waals surface area contributed by atoms with Gasteiger partial charge in [0.25, 0.3) is 5.91 Å². The van der Waals surface area contributed by atoms with Gasteiger partial charge in [-0.25, -0.2) is 4.79 Å². The lowest BCUT2D eigenvalue weighted by atomic mass is 9.97. The number of hydrogen-bond acceptors (Lipinski definition) is 12. The first-order valence-corrected chi connectivity index (χ1v) is 18.2. The Labute approximate surface area is 312 Å². The maximum atomic E-state index is 12.4. The Morgan fingerprint density at radius 1 is 0.962 bits per heavy atom. The summed E-state index contributed by atoms with van der Waals surface area (Å²) in [7, 11) is 0. The number of allylic oxidation sites excluding steroid dienone is 1. The zero-order valence-electron chi connectivity index (χ0n) is 31.5. The van der Waals surface area contributed by atoms with Crippen LogP contribution in [0.2, 0.25) is 0 Å². The molecule has 0 saturated carbocycles. The van der Waals surface area contributed by atoms with E-state index in [0.29, 0.717) is 96.1 Å². The van der Waals surface area contributed by atoms with Gasteiger partial charge in [-0.05, 0) is 77.2 Å². The van der Waals surface area contributed by atoms with Crippen molar-refractivity contribution >= 4 is 30.2 Å². The molecule has 1 fully saturated rings. The quantitative estimate of drug-likeness (QED) is 0.0541. The summed E-state index contributed by atoms with van der Waals surface area (Å²) in [5.41, 5.74) is 0.874. The third-order valence-corrected chi connectivity index (χ3v) is 7.99. The zero-order valence-corrected chi connectivity index (χ0v) is 31.5. The fourth-order valence-electron chi connectivity index (χ4n) is 5.08. The van der Waals surface area contributed by atoms with E-state index in [0.717, 1.165) is 23.3 Å². The van der Waals surface area contributed by atoms with Crippen molar-refractivity contribution in [2.24, 2.45) is 5.41 Å². The number of rotatable bonds is 26. The number of esters is 1. The Morgan fingerprint density at radius 3 is 2.32 bits per heavy atom. The van der Waals surface area contributed by atoms with Gasteiger partial charge in [-0.1, -0.05) is 18.6 Å². The van der Waals surface area contributed by atoms with Crippen LogP contribution in [0.1, 0.15) is 83.8 Å². The minimum absolute atomic E-state index is 0.0194. The molecule has 0 bridgehead atoms. The van der Waals surface area contributed by atoms with E-state index in [1.807, 2.05) is 12.1 Å². The summed E-state index contributed by atoms with van der Waals surface area (Å²) < 4.78 is 33.7. The van der Waals surface area contributed by atoms with Crippen LogP contribution in [0.25, 0.3) is 0 Å². The first kappa shape index (κ1) is 45.3. The molecule has 1 saturated heterocycles. The van der Waals surface area contributed by atoms with Crippen LogP contribution < -0.4 is 10.1 Å². The number of amides is 3. The van der Waals surface area contributed by atoms with Crippen molar-refractivity contribution in [3.63, 3.8) is 0 Å². The Kier molecular flexibility index (Phi) is 21.5. The summed E-state index contributed by atoms with van der Waals surface area (Å²) in [6.45, 7) is 10.1. The van der Waals surface area contributed by atoms with Crippen molar-refractivity contribution in [2.75, 3.05) is 52.7 Å². The number of nitrogens with one attached hydrogen (secondary N) is 1. The van der Waals surface area contributed by atoms with Gasteiger partial charge in [0.2, 0.25) is 18.6 Å². The monoisotopic (exact) mass is 750 g/mol. The number of carboxylic acid groups (broad SMARTS) is 1. The summed E-state index contributed by atoms with van der Waals surface area (Å²) in [6.07, 6.45) is 4.32. The average molecular weight is 751 g/mol. The third-order valence-electron chi connectivity index (χ3n) is 7.99. The summed E-state index contributed by atoms with van der Waals surface area (Å²) in [4.78, 5) is 59.7. The van der Waals surface area contributed by atoms with E-state index in [4.69, 9.17) is 28.4 Å². The summed E-state index contributed by atoms with van der Waals surface area (Å²) >= 11 is 0. The lowest BCUT2D eigenvalue weighted by Crippen LogP contribution is -2.42. The molecule has 53 heavy (non-hydrogen) atoms. The van der Waals surface area contributed by atoms with Crippen molar-refractivity contribution in [3.05, 3.63) is 41.5 Å². The standard InChI is InChI=1S/C38H58N2O13/c1-5-10-34(44)40(27-41)16-8-6-7-12-33(43)39-15-18-49-20-22-50-21-19-48-17-9-11-28-13-14-31(29(23-28)26-51-37(47)38(2,3)4)52-35-25-30(42)24-32(53-35)36(45)46/h5,10,13-14,23,27,30,32,35,42H,6-9,11-12,15-22,24-26H2,1-4H3,(H,39,43)(H,45,46)/b10-5-. The summed E-state index contributed by atoms with van der Waals surface area (Å²) in [5, 5.41) is 22.3. The van der Waals surface area contributed by atoms with Gasteiger partial charge in [0.05, 0.1) is 44.6 Å². The molecular formula is C38H58N2O13. The topological polar surface area (TPSA) is 196 Å². The molecule has 3 unspecified atom stereocenters. The van der Waals surface area contributed by atoms with Gasteiger partial charge in [-0.15, -0.1) is 0 Å². The molecule has 3 atom stereocenters. The van der Waals surface area contributed by atoms with E-state index >= 15 is 0 Å². The highest BCUT2D eigenvalue weighted by Gasteiger charge is 2.34. The first-order chi connectivity index (χ1) is 25.3. The molecule has 1 aliphatic heterocycles. The Hall–Kier alpha value is -3.89.